The van der Waals surface area contributed by atoms with Gasteiger partial charge in [-0.15, -0.1) is 11.6 Å². The van der Waals surface area contributed by atoms with Gasteiger partial charge in [0, 0.05) is 11.5 Å². The van der Waals surface area contributed by atoms with Gasteiger partial charge in [0.15, 0.2) is 5.65 Å². The third kappa shape index (κ3) is 2.60. The summed E-state index contributed by atoms with van der Waals surface area (Å²) in [7, 11) is 1.94. The quantitative estimate of drug-likeness (QED) is 0.651. The van der Waals surface area contributed by atoms with Crippen molar-refractivity contribution < 1.29 is 0 Å². The fourth-order valence-corrected chi connectivity index (χ4v) is 3.24. The molecule has 110 valence electrons. The maximum atomic E-state index is 6.32. The highest BCUT2D eigenvalue weighted by Crippen LogP contribution is 2.27. The van der Waals surface area contributed by atoms with Crippen LogP contribution in [0.4, 0.5) is 0 Å². The van der Waals surface area contributed by atoms with Crippen LogP contribution in [0.3, 0.4) is 0 Å². The molecule has 4 nitrogen and oxygen atoms in total. The van der Waals surface area contributed by atoms with E-state index < -0.39 is 0 Å². The molecule has 0 aliphatic rings. The average molecular weight is 368 g/mol. The third-order valence-corrected chi connectivity index (χ3v) is 4.19. The monoisotopic (exact) mass is 366 g/mol. The van der Waals surface area contributed by atoms with E-state index in [0.717, 1.165) is 33.7 Å². The fraction of sp³-hybridized carbons (Fsp3) is 0.333. The molecule has 0 bridgehead atoms. The average Bonchev–Trinajstić information content (AvgIpc) is 2.90. The van der Waals surface area contributed by atoms with Gasteiger partial charge in [0.1, 0.15) is 11.3 Å². The second-order valence-corrected chi connectivity index (χ2v) is 6.75. The van der Waals surface area contributed by atoms with E-state index in [1.165, 1.54) is 5.56 Å². The molecule has 1 aromatic carbocycles. The van der Waals surface area contributed by atoms with Crippen LogP contribution in [-0.2, 0) is 13.6 Å². The van der Waals surface area contributed by atoms with Crippen LogP contribution >= 0.6 is 27.5 Å². The van der Waals surface area contributed by atoms with Crippen molar-refractivity contribution >= 4 is 38.7 Å². The van der Waals surface area contributed by atoms with E-state index in [-0.39, 0.29) is 5.38 Å². The van der Waals surface area contributed by atoms with Crippen molar-refractivity contribution in [1.29, 1.82) is 0 Å². The van der Waals surface area contributed by atoms with Gasteiger partial charge in [0.05, 0.1) is 17.6 Å². The molecule has 1 unspecified atom stereocenters. The van der Waals surface area contributed by atoms with E-state index in [4.69, 9.17) is 11.6 Å². The van der Waals surface area contributed by atoms with E-state index in [0.29, 0.717) is 0 Å². The summed E-state index contributed by atoms with van der Waals surface area (Å²) in [6, 6.07) is 8.26. The molecule has 2 aromatic heterocycles. The number of benzene rings is 1. The predicted octanol–water partition coefficient (Wildman–Crippen LogP) is 4.19. The number of hydrogen-bond acceptors (Lipinski definition) is 2. The highest BCUT2D eigenvalue weighted by Gasteiger charge is 2.20. The number of aromatic nitrogens is 4. The molecule has 0 N–H and O–H groups in total. The SMILES string of the molecule is Cc1nn(C)c2c1nc(C(C)Cl)n2Cc1cccc(Br)c1. The lowest BCUT2D eigenvalue weighted by Gasteiger charge is -2.11. The number of fused-ring (bicyclic) bond motifs is 1. The zero-order valence-corrected chi connectivity index (χ0v) is 14.5. The molecule has 3 rings (SSSR count). The Labute approximate surface area is 136 Å². The second-order valence-electron chi connectivity index (χ2n) is 5.18. The van der Waals surface area contributed by atoms with Crippen molar-refractivity contribution in [3.05, 3.63) is 45.8 Å². The van der Waals surface area contributed by atoms with Crippen molar-refractivity contribution in [3.63, 3.8) is 0 Å². The maximum Gasteiger partial charge on any atom is 0.159 e. The van der Waals surface area contributed by atoms with Crippen LogP contribution in [0.25, 0.3) is 11.2 Å². The fourth-order valence-electron chi connectivity index (χ4n) is 2.63. The molecule has 6 heteroatoms. The van der Waals surface area contributed by atoms with E-state index in [9.17, 15) is 0 Å². The Bertz CT molecular complexity index is 803. The third-order valence-electron chi connectivity index (χ3n) is 3.51. The molecular weight excluding hydrogens is 352 g/mol. The molecule has 0 saturated heterocycles. The van der Waals surface area contributed by atoms with Gasteiger partial charge in [-0.3, -0.25) is 4.68 Å². The van der Waals surface area contributed by atoms with Crippen LogP contribution in [0.15, 0.2) is 28.7 Å². The summed E-state index contributed by atoms with van der Waals surface area (Å²) in [5, 5.41) is 4.30. The summed E-state index contributed by atoms with van der Waals surface area (Å²) < 4.78 is 5.09. The first-order valence-electron chi connectivity index (χ1n) is 6.75. The first-order chi connectivity index (χ1) is 9.97. The maximum absolute atomic E-state index is 6.32. The van der Waals surface area contributed by atoms with Gasteiger partial charge in [0.2, 0.25) is 0 Å². The standard InChI is InChI=1S/C15H16BrClN4/c1-9(17)14-18-13-10(2)19-20(3)15(13)21(14)8-11-5-4-6-12(16)7-11/h4-7,9H,8H2,1-3H3. The molecule has 0 spiro atoms. The van der Waals surface area contributed by atoms with Gasteiger partial charge in [0.25, 0.3) is 0 Å². The molecule has 1 atom stereocenters. The zero-order chi connectivity index (χ0) is 15.1. The lowest BCUT2D eigenvalue weighted by molar-refractivity contribution is 0.686. The molecular formula is C15H16BrClN4. The number of nitrogens with zero attached hydrogens (tertiary/aromatic N) is 4. The van der Waals surface area contributed by atoms with Crippen LogP contribution < -0.4 is 0 Å². The Balaban J connectivity index is 2.17. The van der Waals surface area contributed by atoms with Crippen molar-refractivity contribution in [2.75, 3.05) is 0 Å². The Morgan fingerprint density at radius 2 is 2.14 bits per heavy atom. The minimum atomic E-state index is -0.149. The molecule has 3 aromatic rings. The van der Waals surface area contributed by atoms with Gasteiger partial charge in [-0.1, -0.05) is 28.1 Å². The first-order valence-corrected chi connectivity index (χ1v) is 7.98. The summed E-state index contributed by atoms with van der Waals surface area (Å²) in [6.45, 7) is 4.64. The van der Waals surface area contributed by atoms with Crippen LogP contribution in [0.1, 0.15) is 29.4 Å². The van der Waals surface area contributed by atoms with Gasteiger partial charge >= 0.3 is 0 Å². The van der Waals surface area contributed by atoms with Gasteiger partial charge in [-0.2, -0.15) is 5.10 Å². The molecule has 0 amide bonds. The Morgan fingerprint density at radius 1 is 1.38 bits per heavy atom. The van der Waals surface area contributed by atoms with Crippen molar-refractivity contribution in [2.45, 2.75) is 25.8 Å². The Morgan fingerprint density at radius 3 is 2.81 bits per heavy atom. The van der Waals surface area contributed by atoms with Crippen LogP contribution in [0.2, 0.25) is 0 Å². The van der Waals surface area contributed by atoms with Crippen LogP contribution in [0, 0.1) is 6.92 Å². The minimum absolute atomic E-state index is 0.149. The number of halogens is 2. The van der Waals surface area contributed by atoms with Gasteiger partial charge in [-0.05, 0) is 31.5 Å². The number of aryl methyl sites for hydroxylation is 2. The van der Waals surface area contributed by atoms with Crippen LogP contribution in [0.5, 0.6) is 0 Å². The summed E-state index contributed by atoms with van der Waals surface area (Å²) in [5.74, 6) is 0.878. The number of alkyl halides is 1. The molecule has 2 heterocycles. The highest BCUT2D eigenvalue weighted by atomic mass is 79.9. The molecule has 0 aliphatic carbocycles. The number of hydrogen-bond donors (Lipinski definition) is 0. The van der Waals surface area contributed by atoms with E-state index >= 15 is 0 Å². The number of imidazole rings is 1. The van der Waals surface area contributed by atoms with Gasteiger partial charge < -0.3 is 4.57 Å². The minimum Gasteiger partial charge on any atom is -0.307 e. The van der Waals surface area contributed by atoms with E-state index in [1.54, 1.807) is 0 Å². The lowest BCUT2D eigenvalue weighted by atomic mass is 10.2. The molecule has 0 fully saturated rings. The highest BCUT2D eigenvalue weighted by molar-refractivity contribution is 9.10. The molecule has 21 heavy (non-hydrogen) atoms. The van der Waals surface area contributed by atoms with E-state index in [2.05, 4.69) is 42.7 Å². The largest absolute Gasteiger partial charge is 0.307 e. The summed E-state index contributed by atoms with van der Waals surface area (Å²) in [5.41, 5.74) is 4.06. The summed E-state index contributed by atoms with van der Waals surface area (Å²) >= 11 is 9.83. The smallest absolute Gasteiger partial charge is 0.159 e. The Kier molecular flexibility index (Phi) is 3.80. The zero-order valence-electron chi connectivity index (χ0n) is 12.1. The number of rotatable bonds is 3. The van der Waals surface area contributed by atoms with Crippen LogP contribution in [-0.4, -0.2) is 19.3 Å². The lowest BCUT2D eigenvalue weighted by Crippen LogP contribution is -2.09. The summed E-state index contributed by atoms with van der Waals surface area (Å²) in [6.07, 6.45) is 0. The normalized spacial score (nSPS) is 13.0. The predicted molar refractivity (Wildman–Crippen MR) is 88.7 cm³/mol. The molecule has 0 aliphatic heterocycles. The van der Waals surface area contributed by atoms with E-state index in [1.807, 2.05) is 37.7 Å². The summed E-state index contributed by atoms with van der Waals surface area (Å²) in [4.78, 5) is 4.69. The van der Waals surface area contributed by atoms with Gasteiger partial charge in [-0.25, -0.2) is 4.98 Å². The second kappa shape index (κ2) is 5.46. The Hall–Kier alpha value is -1.33. The molecule has 0 radical (unpaired) electrons. The van der Waals surface area contributed by atoms with Crippen molar-refractivity contribution in [1.82, 2.24) is 19.3 Å². The van der Waals surface area contributed by atoms with Crippen molar-refractivity contribution in [2.24, 2.45) is 7.05 Å². The first kappa shape index (κ1) is 14.6. The topological polar surface area (TPSA) is 35.6 Å². The molecule has 0 saturated carbocycles. The van der Waals surface area contributed by atoms with Crippen molar-refractivity contribution in [3.8, 4) is 0 Å².